The lowest BCUT2D eigenvalue weighted by Crippen LogP contribution is -2.17. The van der Waals surface area contributed by atoms with Gasteiger partial charge in [-0.1, -0.05) is 41.9 Å². The van der Waals surface area contributed by atoms with Crippen LogP contribution in [0.25, 0.3) is 22.5 Å². The molecular weight excluding hydrogens is 500 g/mol. The molecule has 0 aliphatic heterocycles. The fourth-order valence-corrected chi connectivity index (χ4v) is 3.90. The number of carbonyl (C=O) groups excluding carboxylic acids is 1. The number of halogens is 1. The topological polar surface area (TPSA) is 164 Å². The Kier molecular flexibility index (Phi) is 7.92. The maximum Gasteiger partial charge on any atom is 0.226 e. The van der Waals surface area contributed by atoms with Gasteiger partial charge in [0.25, 0.3) is 0 Å². The van der Waals surface area contributed by atoms with Crippen LogP contribution in [0.15, 0.2) is 66.7 Å². The van der Waals surface area contributed by atoms with Gasteiger partial charge >= 0.3 is 0 Å². The Morgan fingerprint density at radius 2 is 1.71 bits per heavy atom. The van der Waals surface area contributed by atoms with Crippen molar-refractivity contribution in [1.29, 1.82) is 15.9 Å². The first-order valence-electron chi connectivity index (χ1n) is 11.4. The molecule has 1 aromatic heterocycles. The van der Waals surface area contributed by atoms with Gasteiger partial charge in [-0.25, -0.2) is 9.97 Å². The van der Waals surface area contributed by atoms with Crippen molar-refractivity contribution in [2.75, 3.05) is 22.9 Å². The van der Waals surface area contributed by atoms with E-state index in [1.54, 1.807) is 36.4 Å². The van der Waals surface area contributed by atoms with Crippen molar-refractivity contribution in [2.24, 2.45) is 0 Å². The number of anilines is 3. The van der Waals surface area contributed by atoms with E-state index in [-0.39, 0.29) is 41.1 Å². The van der Waals surface area contributed by atoms with E-state index in [0.29, 0.717) is 33.8 Å². The van der Waals surface area contributed by atoms with E-state index in [9.17, 15) is 10.1 Å². The van der Waals surface area contributed by atoms with Crippen molar-refractivity contribution in [3.63, 3.8) is 0 Å². The number of nitrogens with one attached hydrogen (secondary N) is 3. The molecule has 0 unspecified atom stereocenters. The summed E-state index contributed by atoms with van der Waals surface area (Å²) >= 11 is 6.32. The van der Waals surface area contributed by atoms with E-state index >= 15 is 0 Å². The number of nitrogen functional groups attached to an aromatic ring is 1. The van der Waals surface area contributed by atoms with Crippen LogP contribution in [0.1, 0.15) is 23.2 Å². The van der Waals surface area contributed by atoms with E-state index in [0.717, 1.165) is 11.8 Å². The largest absolute Gasteiger partial charge is 0.397 e. The Hall–Kier alpha value is -5.25. The molecule has 0 spiro atoms. The smallest absolute Gasteiger partial charge is 0.226 e. The number of hydrogen-bond donors (Lipinski definition) is 4. The van der Waals surface area contributed by atoms with Gasteiger partial charge in [-0.05, 0) is 36.4 Å². The molecule has 0 aliphatic rings. The number of hydrogen-bond acceptors (Lipinski definition) is 8. The van der Waals surface area contributed by atoms with Gasteiger partial charge < -0.3 is 21.8 Å². The number of carbonyl (C=O) groups is 1. The maximum absolute atomic E-state index is 12.4. The molecule has 1 amide bonds. The van der Waals surface area contributed by atoms with Gasteiger partial charge in [0.15, 0.2) is 11.5 Å². The van der Waals surface area contributed by atoms with Crippen LogP contribution >= 0.6 is 11.6 Å². The molecule has 3 aromatic carbocycles. The molecule has 0 bridgehead atoms. The lowest BCUT2D eigenvalue weighted by Gasteiger charge is -2.15. The third-order valence-corrected chi connectivity index (χ3v) is 5.89. The number of nitriles is 2. The monoisotopic (exact) mass is 520 g/mol. The van der Waals surface area contributed by atoms with Crippen LogP contribution in [-0.4, -0.2) is 28.6 Å². The van der Waals surface area contributed by atoms with Crippen LogP contribution in [0, 0.1) is 28.1 Å². The van der Waals surface area contributed by atoms with Crippen molar-refractivity contribution in [3.05, 3.63) is 88.6 Å². The van der Waals surface area contributed by atoms with Crippen LogP contribution in [0.5, 0.6) is 0 Å². The number of rotatable bonds is 8. The molecule has 4 aromatic rings. The van der Waals surface area contributed by atoms with Gasteiger partial charge in [0.1, 0.15) is 6.07 Å². The Balaban J connectivity index is 1.62. The highest BCUT2D eigenvalue weighted by Gasteiger charge is 2.19. The van der Waals surface area contributed by atoms with Crippen LogP contribution in [0.4, 0.5) is 17.2 Å². The molecule has 4 rings (SSSR count). The highest BCUT2D eigenvalue weighted by atomic mass is 35.5. The summed E-state index contributed by atoms with van der Waals surface area (Å²) in [5.74, 6) is -0.0145. The zero-order valence-corrected chi connectivity index (χ0v) is 20.8. The lowest BCUT2D eigenvalue weighted by atomic mass is 10.0. The van der Waals surface area contributed by atoms with E-state index in [4.69, 9.17) is 33.0 Å². The molecule has 10 heteroatoms. The van der Waals surface area contributed by atoms with E-state index in [1.807, 2.05) is 36.4 Å². The third-order valence-electron chi connectivity index (χ3n) is 5.58. The van der Waals surface area contributed by atoms with Gasteiger partial charge in [-0.15, -0.1) is 0 Å². The fraction of sp³-hybridized carbons (Fsp3) is 0.0714. The fourth-order valence-electron chi connectivity index (χ4n) is 3.68. The van der Waals surface area contributed by atoms with Crippen molar-refractivity contribution >= 4 is 40.9 Å². The summed E-state index contributed by atoms with van der Waals surface area (Å²) in [7, 11) is 0. The molecule has 0 radical (unpaired) electrons. The second kappa shape index (κ2) is 11.7. The van der Waals surface area contributed by atoms with E-state index < -0.39 is 0 Å². The quantitative estimate of drug-likeness (QED) is 0.182. The number of amides is 1. The number of nitrogens with two attached hydrogens (primary N) is 1. The van der Waals surface area contributed by atoms with Crippen molar-refractivity contribution in [3.8, 4) is 34.7 Å². The maximum atomic E-state index is 12.4. The summed E-state index contributed by atoms with van der Waals surface area (Å²) < 4.78 is 0. The molecule has 0 saturated carbocycles. The minimum absolute atomic E-state index is 0.0385. The minimum atomic E-state index is -0.246. The molecular formula is C28H21ClN8O. The van der Waals surface area contributed by atoms with Crippen molar-refractivity contribution in [1.82, 2.24) is 9.97 Å². The molecule has 0 fully saturated rings. The van der Waals surface area contributed by atoms with E-state index in [1.165, 1.54) is 0 Å². The van der Waals surface area contributed by atoms with Crippen LogP contribution in [0.2, 0.25) is 5.02 Å². The summed E-state index contributed by atoms with van der Waals surface area (Å²) in [5, 5.41) is 32.5. The molecule has 5 N–H and O–H groups in total. The Labute approximate surface area is 224 Å². The Morgan fingerprint density at radius 1 is 1.00 bits per heavy atom. The van der Waals surface area contributed by atoms with E-state index in [2.05, 4.69) is 21.7 Å². The predicted octanol–water partition coefficient (Wildman–Crippen LogP) is 5.23. The second-order valence-electron chi connectivity index (χ2n) is 8.12. The van der Waals surface area contributed by atoms with Crippen LogP contribution in [-0.2, 0) is 4.79 Å². The predicted molar refractivity (Wildman–Crippen MR) is 148 cm³/mol. The molecule has 186 valence electrons. The number of nitrogens with zero attached hydrogens (tertiary/aromatic N) is 4. The minimum Gasteiger partial charge on any atom is -0.397 e. The zero-order valence-electron chi connectivity index (χ0n) is 20.0. The highest BCUT2D eigenvalue weighted by molar-refractivity contribution is 6.34. The summed E-state index contributed by atoms with van der Waals surface area (Å²) in [4.78, 5) is 21.7. The summed E-state index contributed by atoms with van der Waals surface area (Å²) in [6.07, 6.45) is 1.20. The summed E-state index contributed by atoms with van der Waals surface area (Å²) in [5.41, 5.74) is 10.00. The van der Waals surface area contributed by atoms with Gasteiger partial charge in [0.2, 0.25) is 5.91 Å². The number of benzene rings is 3. The first-order chi connectivity index (χ1) is 18.4. The molecule has 0 aliphatic carbocycles. The van der Waals surface area contributed by atoms with Gasteiger partial charge in [-0.2, -0.15) is 10.5 Å². The SMILES string of the molecule is N#Cc1ccc(NC(=O)CCNc2nc(-c3ccccc3)c(-c3cc(Cl)c(N)c(C=N)c3)nc2C#N)cc1. The average molecular weight is 521 g/mol. The molecule has 9 nitrogen and oxygen atoms in total. The normalized spacial score (nSPS) is 10.2. The van der Waals surface area contributed by atoms with Gasteiger partial charge in [0, 0.05) is 41.6 Å². The first-order valence-corrected chi connectivity index (χ1v) is 11.8. The standard InChI is InChI=1S/C28H21ClN8O/c29-22-13-19(12-20(15-31)25(22)33)27-26(18-4-2-1-3-5-18)37-28(23(16-32)36-27)34-11-10-24(38)35-21-8-6-17(14-30)7-9-21/h1-9,12-13,15,31H,10-11,33H2,(H,34,37)(H,35,38). The zero-order chi connectivity index (χ0) is 27.1. The first kappa shape index (κ1) is 25.8. The average Bonchev–Trinajstić information content (AvgIpc) is 2.95. The molecule has 38 heavy (non-hydrogen) atoms. The number of aromatic nitrogens is 2. The van der Waals surface area contributed by atoms with Crippen LogP contribution in [0.3, 0.4) is 0 Å². The molecule has 1 heterocycles. The lowest BCUT2D eigenvalue weighted by molar-refractivity contribution is -0.115. The van der Waals surface area contributed by atoms with Gasteiger partial charge in [-0.3, -0.25) is 4.79 Å². The summed E-state index contributed by atoms with van der Waals surface area (Å²) in [6.45, 7) is 0.199. The Bertz CT molecular complexity index is 1590. The molecule has 0 saturated heterocycles. The van der Waals surface area contributed by atoms with Gasteiger partial charge in [0.05, 0.1) is 33.7 Å². The van der Waals surface area contributed by atoms with Crippen molar-refractivity contribution < 1.29 is 4.79 Å². The Morgan fingerprint density at radius 3 is 2.37 bits per heavy atom. The highest BCUT2D eigenvalue weighted by Crippen LogP contribution is 2.35. The van der Waals surface area contributed by atoms with Crippen molar-refractivity contribution in [2.45, 2.75) is 6.42 Å². The third kappa shape index (κ3) is 5.76. The summed E-state index contributed by atoms with van der Waals surface area (Å²) in [6, 6.07) is 23.3. The molecule has 0 atom stereocenters. The van der Waals surface area contributed by atoms with Crippen LogP contribution < -0.4 is 16.4 Å². The second-order valence-corrected chi connectivity index (χ2v) is 8.52.